The Balaban J connectivity index is 0.000000332. The average molecular weight is 1510 g/mol. The van der Waals surface area contributed by atoms with Crippen LogP contribution in [0, 0.1) is 0 Å². The third kappa shape index (κ3) is 37.0. The first-order chi connectivity index (χ1) is 51.0. The zero-order chi connectivity index (χ0) is 76.8. The predicted octanol–water partition coefficient (Wildman–Crippen LogP) is 22.7. The fourth-order valence-corrected chi connectivity index (χ4v) is 10.9. The van der Waals surface area contributed by atoms with Crippen LogP contribution in [0.1, 0.15) is 197 Å². The highest BCUT2D eigenvalue weighted by atomic mass is 35.5. The van der Waals surface area contributed by atoms with Crippen molar-refractivity contribution < 1.29 is 48.1 Å². The molecule has 9 aromatic rings. The van der Waals surface area contributed by atoms with Gasteiger partial charge in [0.15, 0.2) is 12.6 Å². The van der Waals surface area contributed by atoms with Crippen LogP contribution in [0.3, 0.4) is 0 Å². The van der Waals surface area contributed by atoms with E-state index in [1.807, 2.05) is 103 Å². The number of aryl methyl sites for hydroxylation is 4. The molecule has 105 heavy (non-hydrogen) atoms. The van der Waals surface area contributed by atoms with Crippen molar-refractivity contribution in [2.24, 2.45) is 0 Å². The fraction of sp³-hybridized carbons (Fsp3) is 0.371. The molecule has 0 spiro atoms. The third-order valence-corrected chi connectivity index (χ3v) is 17.5. The summed E-state index contributed by atoms with van der Waals surface area (Å²) in [4.78, 5) is 70.2. The van der Waals surface area contributed by atoms with Crippen molar-refractivity contribution in [3.63, 3.8) is 0 Å². The van der Waals surface area contributed by atoms with E-state index in [1.54, 1.807) is 42.5 Å². The Morgan fingerprint density at radius 2 is 0.924 bits per heavy atom. The van der Waals surface area contributed by atoms with Crippen LogP contribution >= 0.6 is 46.4 Å². The summed E-state index contributed by atoms with van der Waals surface area (Å²) in [5.74, 6) is 0.711. The van der Waals surface area contributed by atoms with E-state index in [2.05, 4.69) is 102 Å². The number of unbranched alkanes of at least 4 members (excludes halogenated alkanes) is 8. The number of benzene rings is 8. The van der Waals surface area contributed by atoms with E-state index in [0.717, 1.165) is 65.3 Å². The number of esters is 2. The van der Waals surface area contributed by atoms with Gasteiger partial charge in [-0.1, -0.05) is 258 Å². The number of halogens is 4. The summed E-state index contributed by atoms with van der Waals surface area (Å²) in [7, 11) is 0. The van der Waals surface area contributed by atoms with E-state index in [0.29, 0.717) is 58.1 Å². The van der Waals surface area contributed by atoms with E-state index in [4.69, 9.17) is 70.5 Å². The van der Waals surface area contributed by atoms with Gasteiger partial charge in [-0.15, -0.1) is 46.4 Å². The van der Waals surface area contributed by atoms with Crippen molar-refractivity contribution in [1.29, 1.82) is 0 Å². The molecule has 1 aromatic heterocycles. The van der Waals surface area contributed by atoms with Crippen LogP contribution in [-0.4, -0.2) is 82.3 Å². The molecule has 0 amide bonds. The molecule has 1 unspecified atom stereocenters. The molecule has 0 saturated heterocycles. The summed E-state index contributed by atoms with van der Waals surface area (Å²) in [5, 5.41) is 18.6. The normalized spacial score (nSPS) is 11.5. The number of carbonyl (C=O) groups is 5. The lowest BCUT2D eigenvalue weighted by Crippen LogP contribution is -2.25. The molecule has 16 heteroatoms. The number of alkyl halides is 4. The minimum atomic E-state index is -0.770. The fourth-order valence-electron chi connectivity index (χ4n) is 10.9. The quantitative estimate of drug-likeness (QED) is 0.0113. The zero-order valence-electron chi connectivity index (χ0n) is 62.5. The van der Waals surface area contributed by atoms with Gasteiger partial charge in [0, 0.05) is 17.1 Å². The SMILES string of the molecule is CCCCCc1ccc(-c2cc3ccccc3oc2=O)cc1.CCCCCc1ccc(C2Cc3ccccc3OC2=O)cc1.CCCCCc1ccc(CC(=O)O)cc1.CCCCCc1ccc(CC(=O)Oc2ccccc2C=O)cc1.CCN(CC)CC.ClCCCl.ClCCl.O=Cc1ccccc1O. The van der Waals surface area contributed by atoms with Gasteiger partial charge in [0.2, 0.25) is 0 Å². The topological polar surface area (TPSA) is 178 Å². The average Bonchev–Trinajstić information content (AvgIpc) is 0.802. The maximum atomic E-state index is 12.2. The summed E-state index contributed by atoms with van der Waals surface area (Å²) in [6.07, 6.45) is 21.6. The minimum absolute atomic E-state index is 0.0347. The van der Waals surface area contributed by atoms with E-state index in [1.165, 1.54) is 125 Å². The number of aromatic hydroxyl groups is 1. The lowest BCUT2D eigenvalue weighted by molar-refractivity contribution is -0.137. The number of hydrogen-bond acceptors (Lipinski definition) is 11. The Bertz CT molecular complexity index is 3910. The molecule has 0 aliphatic carbocycles. The van der Waals surface area contributed by atoms with Gasteiger partial charge in [-0.25, -0.2) is 4.79 Å². The van der Waals surface area contributed by atoms with Crippen molar-refractivity contribution in [3.05, 3.63) is 266 Å². The van der Waals surface area contributed by atoms with Gasteiger partial charge in [0.25, 0.3) is 0 Å². The number of rotatable bonds is 29. The second-order valence-corrected chi connectivity index (χ2v) is 26.4. The summed E-state index contributed by atoms with van der Waals surface area (Å²) >= 11 is 19.6. The number of carboxylic acids is 1. The highest BCUT2D eigenvalue weighted by molar-refractivity contribution is 6.40. The lowest BCUT2D eigenvalue weighted by Gasteiger charge is -2.23. The van der Waals surface area contributed by atoms with Gasteiger partial charge in [-0.3, -0.25) is 24.0 Å². The second-order valence-electron chi connectivity index (χ2n) is 24.8. The number of aldehydes is 2. The summed E-state index contributed by atoms with van der Waals surface area (Å²) in [6, 6.07) is 63.1. The molecule has 1 aliphatic heterocycles. The second kappa shape index (κ2) is 56.0. The van der Waals surface area contributed by atoms with Gasteiger partial charge in [0.05, 0.1) is 40.8 Å². The molecule has 0 bridgehead atoms. The van der Waals surface area contributed by atoms with Crippen LogP contribution in [0.4, 0.5) is 0 Å². The molecule has 0 radical (unpaired) electrons. The zero-order valence-corrected chi connectivity index (χ0v) is 65.5. The molecule has 0 fully saturated rings. The van der Waals surface area contributed by atoms with Crippen molar-refractivity contribution in [3.8, 4) is 28.4 Å². The standard InChI is InChI=1S/C20H22O3.C20H22O2.C20H20O2.C13H18O2.C7H6O2.C6H15N.C2H4Cl2.CH2Cl2/c1-2-3-4-7-16-10-12-17(13-11-16)14-20(22)23-19-9-6-5-8-18(19)15-21;2*1-2-3-4-7-15-10-12-16(13-11-15)18-14-17-8-5-6-9-19(17)22-20(18)21;1-2-3-4-5-11-6-8-12(9-7-11)10-13(14)15;8-5-6-3-1-2-4-7(6)9;1-4-7(5-2)6-3;3-1-2-4;2-1-3/h5-6,8-13,15H,2-4,7,14H2,1H3;5-6,8-13,18H,2-4,7,14H2,1H3;5-6,8-14H,2-4,7H2,1H3;6-9H,2-5,10H2,1H3,(H,14,15);1-5,9H;4-6H2,1-3H3;1-2H2;1H2. The molecular weight excluding hydrogens is 1400 g/mol. The van der Waals surface area contributed by atoms with Crippen LogP contribution in [-0.2, 0) is 59.3 Å². The first-order valence-corrected chi connectivity index (χ1v) is 39.0. The van der Waals surface area contributed by atoms with Crippen LogP contribution in [0.5, 0.6) is 17.2 Å². The van der Waals surface area contributed by atoms with Crippen molar-refractivity contribution in [2.75, 3.05) is 36.7 Å². The lowest BCUT2D eigenvalue weighted by atomic mass is 9.89. The molecule has 10 rings (SSSR count). The van der Waals surface area contributed by atoms with Gasteiger partial charge in [-0.2, -0.15) is 0 Å². The number of carbonyl (C=O) groups excluding carboxylic acids is 4. The maximum absolute atomic E-state index is 12.2. The van der Waals surface area contributed by atoms with E-state index in [9.17, 15) is 28.8 Å². The van der Waals surface area contributed by atoms with E-state index < -0.39 is 5.97 Å². The van der Waals surface area contributed by atoms with Crippen LogP contribution in [0.25, 0.3) is 22.1 Å². The molecular formula is C89H109Cl4NO11. The monoisotopic (exact) mass is 1510 g/mol. The number of ether oxygens (including phenoxy) is 2. The van der Waals surface area contributed by atoms with Gasteiger partial charge >= 0.3 is 23.5 Å². The molecule has 1 atom stereocenters. The summed E-state index contributed by atoms with van der Waals surface area (Å²) < 4.78 is 16.2. The highest BCUT2D eigenvalue weighted by Gasteiger charge is 2.29. The van der Waals surface area contributed by atoms with Gasteiger partial charge in [0.1, 0.15) is 22.8 Å². The number of para-hydroxylation sites is 4. The molecule has 2 heterocycles. The highest BCUT2D eigenvalue weighted by Crippen LogP contribution is 2.33. The number of aliphatic carboxylic acids is 1. The van der Waals surface area contributed by atoms with Crippen molar-refractivity contribution in [2.45, 2.75) is 176 Å². The number of fused-ring (bicyclic) bond motifs is 2. The molecule has 0 saturated carbocycles. The van der Waals surface area contributed by atoms with Crippen molar-refractivity contribution in [1.82, 2.24) is 4.90 Å². The number of phenolic OH excluding ortho intramolecular Hbond substituents is 1. The Hall–Kier alpha value is -8.36. The van der Waals surface area contributed by atoms with E-state index >= 15 is 0 Å². The Kier molecular flexibility index (Phi) is 48.5. The van der Waals surface area contributed by atoms with Gasteiger partial charge in [-0.05, 0) is 170 Å². The number of carboxylic acid groups (broad SMARTS) is 1. The first kappa shape index (κ1) is 90.9. The Morgan fingerprint density at radius 3 is 1.37 bits per heavy atom. The van der Waals surface area contributed by atoms with Crippen molar-refractivity contribution >= 4 is 87.9 Å². The minimum Gasteiger partial charge on any atom is -0.507 e. The summed E-state index contributed by atoms with van der Waals surface area (Å²) in [5.41, 5.74) is 11.8. The molecule has 564 valence electrons. The van der Waals surface area contributed by atoms with Crippen LogP contribution < -0.4 is 15.1 Å². The number of hydrogen-bond donors (Lipinski definition) is 2. The van der Waals surface area contributed by atoms with Crippen LogP contribution in [0.2, 0.25) is 0 Å². The first-order valence-electron chi connectivity index (χ1n) is 36.8. The number of nitrogens with zero attached hydrogens (tertiary/aromatic N) is 1. The van der Waals surface area contributed by atoms with Crippen LogP contribution in [0.15, 0.2) is 209 Å². The maximum Gasteiger partial charge on any atom is 0.344 e. The third-order valence-electron chi connectivity index (χ3n) is 17.0. The molecule has 2 N–H and O–H groups in total. The Labute approximate surface area is 644 Å². The largest absolute Gasteiger partial charge is 0.507 e. The smallest absolute Gasteiger partial charge is 0.344 e. The summed E-state index contributed by atoms with van der Waals surface area (Å²) in [6.45, 7) is 18.9. The van der Waals surface area contributed by atoms with E-state index in [-0.39, 0.29) is 47.4 Å². The molecule has 12 nitrogen and oxygen atoms in total. The predicted molar refractivity (Wildman–Crippen MR) is 436 cm³/mol. The molecule has 1 aliphatic rings. The number of phenols is 1. The Morgan fingerprint density at radius 1 is 0.505 bits per heavy atom. The molecule has 8 aromatic carbocycles. The van der Waals surface area contributed by atoms with Gasteiger partial charge < -0.3 is 29.0 Å².